The Kier molecular flexibility index (Phi) is 5.25. The maximum absolute atomic E-state index is 13.6. The monoisotopic (exact) mass is 464 g/mol. The number of carbonyl (C=O) groups is 1. The van der Waals surface area contributed by atoms with Gasteiger partial charge in [0.25, 0.3) is 0 Å². The number of allylic oxidation sites excluding steroid dienone is 1. The second-order valence-electron chi connectivity index (χ2n) is 8.31. The van der Waals surface area contributed by atoms with Crippen LogP contribution in [0.15, 0.2) is 82.6 Å². The van der Waals surface area contributed by atoms with Gasteiger partial charge in [0.1, 0.15) is 17.6 Å². The Hall–Kier alpha value is -3.52. The first kappa shape index (κ1) is 21.3. The van der Waals surface area contributed by atoms with Gasteiger partial charge in [0, 0.05) is 23.6 Å². The zero-order valence-corrected chi connectivity index (χ0v) is 19.1. The van der Waals surface area contributed by atoms with E-state index in [2.05, 4.69) is 5.32 Å². The Balaban J connectivity index is 1.74. The number of rotatable bonds is 4. The summed E-state index contributed by atoms with van der Waals surface area (Å²) in [5.74, 6) is 1.17. The molecule has 2 atom stereocenters. The van der Waals surface area contributed by atoms with E-state index in [0.29, 0.717) is 40.4 Å². The van der Waals surface area contributed by atoms with Crippen LogP contribution in [0.25, 0.3) is 0 Å². The lowest BCUT2D eigenvalue weighted by Gasteiger charge is -2.34. The number of nitrogens with zero attached hydrogens (tertiary/aromatic N) is 1. The standard InChI is InChI=1S/C25H24N2O5S/c1-31-18-11-9-16(10-12-18)25-24-20(14-17(15-22(24)28)23-8-5-13-32-23)26-19-6-3-4-7-21(19)27(25)33(2,29)30/h3-13,17,25-26H,14-15H2,1-2H3. The van der Waals surface area contributed by atoms with Gasteiger partial charge in [0.05, 0.1) is 31.0 Å². The minimum atomic E-state index is -3.75. The van der Waals surface area contributed by atoms with E-state index in [1.807, 2.05) is 36.4 Å². The zero-order valence-electron chi connectivity index (χ0n) is 18.3. The molecule has 33 heavy (non-hydrogen) atoms. The summed E-state index contributed by atoms with van der Waals surface area (Å²) in [6, 6.07) is 17.3. The molecule has 170 valence electrons. The van der Waals surface area contributed by atoms with Crippen molar-refractivity contribution in [1.82, 2.24) is 0 Å². The van der Waals surface area contributed by atoms with Gasteiger partial charge in [0.2, 0.25) is 10.0 Å². The van der Waals surface area contributed by atoms with Crippen molar-refractivity contribution >= 4 is 27.2 Å². The van der Waals surface area contributed by atoms with Gasteiger partial charge < -0.3 is 14.5 Å². The third-order valence-corrected chi connectivity index (χ3v) is 7.30. The van der Waals surface area contributed by atoms with E-state index in [9.17, 15) is 13.2 Å². The fourth-order valence-electron chi connectivity index (χ4n) is 4.74. The molecule has 0 amide bonds. The van der Waals surface area contributed by atoms with Crippen LogP contribution < -0.4 is 14.4 Å². The van der Waals surface area contributed by atoms with Gasteiger partial charge in [0.15, 0.2) is 5.78 Å². The number of ether oxygens (including phenoxy) is 1. The summed E-state index contributed by atoms with van der Waals surface area (Å²) in [7, 11) is -2.18. The number of para-hydroxylation sites is 2. The van der Waals surface area contributed by atoms with Gasteiger partial charge in [-0.25, -0.2) is 8.42 Å². The molecule has 7 nitrogen and oxygen atoms in total. The fraction of sp³-hybridized carbons (Fsp3) is 0.240. The molecule has 2 aromatic carbocycles. The summed E-state index contributed by atoms with van der Waals surface area (Å²) in [6.45, 7) is 0. The van der Waals surface area contributed by atoms with E-state index in [-0.39, 0.29) is 18.1 Å². The molecule has 2 aliphatic rings. The molecule has 1 N–H and O–H groups in total. The molecule has 0 saturated carbocycles. The number of ketones is 1. The van der Waals surface area contributed by atoms with Crippen LogP contribution in [0.2, 0.25) is 0 Å². The van der Waals surface area contributed by atoms with Crippen LogP contribution in [0.3, 0.4) is 0 Å². The summed E-state index contributed by atoms with van der Waals surface area (Å²) in [5.41, 5.74) is 3.01. The van der Waals surface area contributed by atoms with Crippen molar-refractivity contribution in [1.29, 1.82) is 0 Å². The van der Waals surface area contributed by atoms with Crippen LogP contribution in [0.5, 0.6) is 5.75 Å². The number of hydrogen-bond donors (Lipinski definition) is 1. The second-order valence-corrected chi connectivity index (χ2v) is 10.2. The third kappa shape index (κ3) is 3.80. The number of Topliss-reactive ketones (excluding diaryl/α,β-unsaturated/α-hetero) is 1. The highest BCUT2D eigenvalue weighted by Crippen LogP contribution is 2.48. The largest absolute Gasteiger partial charge is 0.497 e. The molecular formula is C25H24N2O5S. The number of benzene rings is 2. The van der Waals surface area contributed by atoms with Crippen molar-refractivity contribution in [2.75, 3.05) is 23.0 Å². The molecule has 0 spiro atoms. The minimum Gasteiger partial charge on any atom is -0.497 e. The van der Waals surface area contributed by atoms with Crippen LogP contribution in [0, 0.1) is 0 Å². The maximum Gasteiger partial charge on any atom is 0.233 e. The first-order valence-corrected chi connectivity index (χ1v) is 12.5. The highest BCUT2D eigenvalue weighted by atomic mass is 32.2. The lowest BCUT2D eigenvalue weighted by Crippen LogP contribution is -2.37. The molecule has 2 unspecified atom stereocenters. The summed E-state index contributed by atoms with van der Waals surface area (Å²) < 4.78 is 38.6. The summed E-state index contributed by atoms with van der Waals surface area (Å²) in [6.07, 6.45) is 3.55. The van der Waals surface area contributed by atoms with E-state index in [4.69, 9.17) is 9.15 Å². The van der Waals surface area contributed by atoms with E-state index in [0.717, 1.165) is 5.76 Å². The number of furan rings is 1. The van der Waals surface area contributed by atoms with E-state index in [1.54, 1.807) is 37.6 Å². The first-order valence-electron chi connectivity index (χ1n) is 10.7. The van der Waals surface area contributed by atoms with Crippen molar-refractivity contribution in [3.63, 3.8) is 0 Å². The molecular weight excluding hydrogens is 440 g/mol. The number of fused-ring (bicyclic) bond motifs is 1. The van der Waals surface area contributed by atoms with E-state index < -0.39 is 16.1 Å². The molecule has 1 aliphatic carbocycles. The molecule has 0 fully saturated rings. The lowest BCUT2D eigenvalue weighted by molar-refractivity contribution is -0.116. The van der Waals surface area contributed by atoms with E-state index >= 15 is 0 Å². The second kappa shape index (κ2) is 8.12. The zero-order chi connectivity index (χ0) is 23.2. The summed E-state index contributed by atoms with van der Waals surface area (Å²) in [4.78, 5) is 13.6. The molecule has 0 bridgehead atoms. The van der Waals surface area contributed by atoms with Crippen molar-refractivity contribution in [2.45, 2.75) is 24.8 Å². The molecule has 3 aromatic rings. The number of anilines is 2. The SMILES string of the molecule is COc1ccc(C2C3=C(CC(c4ccco4)CC3=O)Nc3ccccc3N2S(C)(=O)=O)cc1. The maximum atomic E-state index is 13.6. The molecule has 0 radical (unpaired) electrons. The number of carbonyl (C=O) groups excluding carboxylic acids is 1. The van der Waals surface area contributed by atoms with Gasteiger partial charge in [-0.15, -0.1) is 0 Å². The molecule has 1 aliphatic heterocycles. The quantitative estimate of drug-likeness (QED) is 0.606. The highest BCUT2D eigenvalue weighted by molar-refractivity contribution is 7.92. The topological polar surface area (TPSA) is 88.8 Å². The molecule has 0 saturated heterocycles. The normalized spacial score (nSPS) is 20.5. The van der Waals surface area contributed by atoms with Crippen molar-refractivity contribution in [3.05, 3.63) is 89.5 Å². The number of nitrogens with one attached hydrogen (secondary N) is 1. The van der Waals surface area contributed by atoms with Crippen molar-refractivity contribution < 1.29 is 22.4 Å². The molecule has 8 heteroatoms. The van der Waals surface area contributed by atoms with Gasteiger partial charge in [-0.1, -0.05) is 24.3 Å². The highest BCUT2D eigenvalue weighted by Gasteiger charge is 2.42. The molecule has 2 heterocycles. The van der Waals surface area contributed by atoms with Crippen LogP contribution in [0.4, 0.5) is 11.4 Å². The lowest BCUT2D eigenvalue weighted by atomic mass is 9.80. The third-order valence-electron chi connectivity index (χ3n) is 6.18. The number of methoxy groups -OCH3 is 1. The predicted molar refractivity (Wildman–Crippen MR) is 126 cm³/mol. The number of hydrogen-bond acceptors (Lipinski definition) is 6. The predicted octanol–water partition coefficient (Wildman–Crippen LogP) is 4.62. The average molecular weight is 465 g/mol. The van der Waals surface area contributed by atoms with Crippen LogP contribution in [-0.2, 0) is 14.8 Å². The summed E-state index contributed by atoms with van der Waals surface area (Å²) in [5, 5.41) is 3.39. The molecule has 5 rings (SSSR count). The first-order chi connectivity index (χ1) is 15.9. The Morgan fingerprint density at radius 1 is 1.03 bits per heavy atom. The van der Waals surface area contributed by atoms with Gasteiger partial charge in [-0.3, -0.25) is 9.10 Å². The summed E-state index contributed by atoms with van der Waals surface area (Å²) >= 11 is 0. The number of sulfonamides is 1. The van der Waals surface area contributed by atoms with Gasteiger partial charge >= 0.3 is 0 Å². The Morgan fingerprint density at radius 2 is 1.79 bits per heavy atom. The van der Waals surface area contributed by atoms with Crippen molar-refractivity contribution in [2.24, 2.45) is 0 Å². The van der Waals surface area contributed by atoms with Crippen LogP contribution in [0.1, 0.15) is 36.1 Å². The van der Waals surface area contributed by atoms with E-state index in [1.165, 1.54) is 10.6 Å². The Bertz CT molecular complexity index is 1330. The smallest absolute Gasteiger partial charge is 0.233 e. The van der Waals surface area contributed by atoms with Gasteiger partial charge in [-0.2, -0.15) is 0 Å². The minimum absolute atomic E-state index is 0.104. The van der Waals surface area contributed by atoms with Crippen molar-refractivity contribution in [3.8, 4) is 5.75 Å². The Morgan fingerprint density at radius 3 is 2.45 bits per heavy atom. The Labute approximate surface area is 192 Å². The molecule has 1 aromatic heterocycles. The average Bonchev–Trinajstić information content (AvgIpc) is 3.28. The fourth-order valence-corrected chi connectivity index (χ4v) is 5.87. The van der Waals surface area contributed by atoms with Crippen LogP contribution >= 0.6 is 0 Å². The van der Waals surface area contributed by atoms with Crippen LogP contribution in [-0.4, -0.2) is 27.6 Å². The van der Waals surface area contributed by atoms with Gasteiger partial charge in [-0.05, 0) is 48.4 Å².